The molecule has 27 heavy (non-hydrogen) atoms. The zero-order valence-electron chi connectivity index (χ0n) is 14.7. The molecule has 0 aliphatic rings. The summed E-state index contributed by atoms with van der Waals surface area (Å²) in [6.45, 7) is 0.511. The number of thiazole rings is 1. The van der Waals surface area contributed by atoms with Crippen LogP contribution in [-0.4, -0.2) is 31.2 Å². The van der Waals surface area contributed by atoms with Gasteiger partial charge in [0.05, 0.1) is 11.5 Å². The molecule has 0 spiro atoms. The molecule has 0 aliphatic carbocycles. The number of aryl methyl sites for hydroxylation is 1. The molecule has 0 atom stereocenters. The van der Waals surface area contributed by atoms with Gasteiger partial charge in [0.1, 0.15) is 17.1 Å². The zero-order chi connectivity index (χ0) is 18.8. The minimum atomic E-state index is -0.250. The van der Waals surface area contributed by atoms with Crippen molar-refractivity contribution >= 4 is 22.5 Å². The fourth-order valence-corrected chi connectivity index (χ4v) is 3.67. The molecule has 0 saturated heterocycles. The first kappa shape index (κ1) is 17.3. The molecule has 8 heteroatoms. The van der Waals surface area contributed by atoms with Gasteiger partial charge >= 0.3 is 4.87 Å². The van der Waals surface area contributed by atoms with E-state index in [0.29, 0.717) is 24.3 Å². The summed E-state index contributed by atoms with van der Waals surface area (Å²) >= 11 is 1.02. The van der Waals surface area contributed by atoms with E-state index in [0.717, 1.165) is 39.6 Å². The Hall–Kier alpha value is -3.13. The SMILES string of the molecule is Cn1c(CCOc2ccc(Cc3sc(=O)[nH]c3O)cc2)nc2cccnc21. The van der Waals surface area contributed by atoms with Gasteiger partial charge in [-0.3, -0.25) is 9.78 Å². The van der Waals surface area contributed by atoms with Gasteiger partial charge in [0.2, 0.25) is 5.88 Å². The number of H-pyrrole nitrogens is 1. The van der Waals surface area contributed by atoms with Crippen molar-refractivity contribution in [2.45, 2.75) is 12.8 Å². The maximum Gasteiger partial charge on any atom is 0.307 e. The van der Waals surface area contributed by atoms with Crippen LogP contribution in [0.4, 0.5) is 0 Å². The van der Waals surface area contributed by atoms with Gasteiger partial charge in [-0.15, -0.1) is 0 Å². The van der Waals surface area contributed by atoms with E-state index in [-0.39, 0.29) is 10.8 Å². The number of hydrogen-bond donors (Lipinski definition) is 2. The second-order valence-electron chi connectivity index (χ2n) is 6.14. The van der Waals surface area contributed by atoms with Crippen molar-refractivity contribution in [1.82, 2.24) is 19.5 Å². The summed E-state index contributed by atoms with van der Waals surface area (Å²) in [6, 6.07) is 11.5. The van der Waals surface area contributed by atoms with E-state index in [4.69, 9.17) is 4.74 Å². The highest BCUT2D eigenvalue weighted by Crippen LogP contribution is 2.22. The molecule has 0 aliphatic heterocycles. The highest BCUT2D eigenvalue weighted by Gasteiger charge is 2.09. The van der Waals surface area contributed by atoms with Gasteiger partial charge in [0.15, 0.2) is 5.65 Å². The van der Waals surface area contributed by atoms with Crippen LogP contribution in [0.3, 0.4) is 0 Å². The Balaban J connectivity index is 1.36. The van der Waals surface area contributed by atoms with Crippen molar-refractivity contribution < 1.29 is 9.84 Å². The lowest BCUT2D eigenvalue weighted by molar-refractivity contribution is 0.317. The van der Waals surface area contributed by atoms with Crippen LogP contribution in [0.5, 0.6) is 11.6 Å². The first-order valence-corrected chi connectivity index (χ1v) is 9.31. The van der Waals surface area contributed by atoms with Crippen LogP contribution in [0.1, 0.15) is 16.3 Å². The molecule has 4 aromatic rings. The van der Waals surface area contributed by atoms with Crippen molar-refractivity contribution in [3.05, 3.63) is 68.5 Å². The summed E-state index contributed by atoms with van der Waals surface area (Å²) in [7, 11) is 1.96. The minimum absolute atomic E-state index is 0.0535. The Morgan fingerprint density at radius 2 is 2.07 bits per heavy atom. The Morgan fingerprint density at radius 1 is 1.26 bits per heavy atom. The van der Waals surface area contributed by atoms with Crippen LogP contribution in [0.15, 0.2) is 47.4 Å². The normalized spacial score (nSPS) is 11.1. The van der Waals surface area contributed by atoms with Gasteiger partial charge in [-0.05, 0) is 29.8 Å². The lowest BCUT2D eigenvalue weighted by atomic mass is 10.1. The monoisotopic (exact) mass is 382 g/mol. The Labute approximate surface area is 158 Å². The first-order valence-electron chi connectivity index (χ1n) is 8.49. The van der Waals surface area contributed by atoms with Crippen molar-refractivity contribution in [2.75, 3.05) is 6.61 Å². The van der Waals surface area contributed by atoms with Gasteiger partial charge in [-0.2, -0.15) is 0 Å². The zero-order valence-corrected chi connectivity index (χ0v) is 15.5. The van der Waals surface area contributed by atoms with Gasteiger partial charge in [0.25, 0.3) is 0 Å². The van der Waals surface area contributed by atoms with Crippen molar-refractivity contribution in [1.29, 1.82) is 0 Å². The molecule has 7 nitrogen and oxygen atoms in total. The number of nitrogens with one attached hydrogen (secondary N) is 1. The maximum atomic E-state index is 11.2. The smallest absolute Gasteiger partial charge is 0.307 e. The van der Waals surface area contributed by atoms with Gasteiger partial charge < -0.3 is 14.4 Å². The Kier molecular flexibility index (Phi) is 4.64. The minimum Gasteiger partial charge on any atom is -0.494 e. The summed E-state index contributed by atoms with van der Waals surface area (Å²) in [5.74, 6) is 1.64. The van der Waals surface area contributed by atoms with E-state index in [1.165, 1.54) is 0 Å². The molecular formula is C19H18N4O3S. The maximum absolute atomic E-state index is 11.2. The standard InChI is InChI=1S/C19H18N4O3S/c1-23-16(21-14-3-2-9-20-17(14)23)8-10-26-13-6-4-12(5-7-13)11-15-18(24)22-19(25)27-15/h2-7,9,24H,8,10-11H2,1H3,(H,22,25). The van der Waals surface area contributed by atoms with Crippen LogP contribution >= 0.6 is 11.3 Å². The molecule has 0 saturated carbocycles. The number of aromatic hydroxyl groups is 1. The fourth-order valence-electron chi connectivity index (χ4n) is 2.92. The predicted molar refractivity (Wildman–Crippen MR) is 104 cm³/mol. The highest BCUT2D eigenvalue weighted by molar-refractivity contribution is 7.09. The Bertz CT molecular complexity index is 1130. The third-order valence-corrected chi connectivity index (χ3v) is 5.17. The summed E-state index contributed by atoms with van der Waals surface area (Å²) in [5.41, 5.74) is 2.75. The third kappa shape index (κ3) is 3.70. The van der Waals surface area contributed by atoms with Crippen molar-refractivity contribution in [3.63, 3.8) is 0 Å². The fraction of sp³-hybridized carbons (Fsp3) is 0.211. The van der Waals surface area contributed by atoms with E-state index in [1.807, 2.05) is 48.0 Å². The molecule has 0 bridgehead atoms. The van der Waals surface area contributed by atoms with Gasteiger partial charge in [0, 0.05) is 26.1 Å². The highest BCUT2D eigenvalue weighted by atomic mass is 32.1. The Morgan fingerprint density at radius 3 is 2.78 bits per heavy atom. The van der Waals surface area contributed by atoms with Crippen LogP contribution in [0.2, 0.25) is 0 Å². The molecule has 4 rings (SSSR count). The van der Waals surface area contributed by atoms with Gasteiger partial charge in [-0.25, -0.2) is 9.97 Å². The quantitative estimate of drug-likeness (QED) is 0.535. The van der Waals surface area contributed by atoms with Crippen molar-refractivity contribution in [3.8, 4) is 11.6 Å². The molecule has 138 valence electrons. The number of aromatic nitrogens is 4. The number of ether oxygens (including phenoxy) is 1. The van der Waals surface area contributed by atoms with Crippen LogP contribution in [-0.2, 0) is 19.9 Å². The van der Waals surface area contributed by atoms with E-state index in [9.17, 15) is 9.90 Å². The predicted octanol–water partition coefficient (Wildman–Crippen LogP) is 2.64. The summed E-state index contributed by atoms with van der Waals surface area (Å²) < 4.78 is 7.80. The lowest BCUT2D eigenvalue weighted by Crippen LogP contribution is -2.06. The number of fused-ring (bicyclic) bond motifs is 1. The largest absolute Gasteiger partial charge is 0.494 e. The number of benzene rings is 1. The number of pyridine rings is 1. The van der Waals surface area contributed by atoms with Crippen LogP contribution in [0, 0.1) is 0 Å². The average molecular weight is 382 g/mol. The molecule has 0 unspecified atom stereocenters. The first-order chi connectivity index (χ1) is 13.1. The number of aromatic amines is 1. The number of hydrogen-bond acceptors (Lipinski definition) is 6. The van der Waals surface area contributed by atoms with E-state index < -0.39 is 0 Å². The third-order valence-electron chi connectivity index (χ3n) is 4.30. The van der Waals surface area contributed by atoms with Crippen LogP contribution in [0.25, 0.3) is 11.2 Å². The molecular weight excluding hydrogens is 364 g/mol. The average Bonchev–Trinajstić information content (AvgIpc) is 3.15. The summed E-state index contributed by atoms with van der Waals surface area (Å²) in [6.07, 6.45) is 2.94. The van der Waals surface area contributed by atoms with Crippen LogP contribution < -0.4 is 9.61 Å². The number of rotatable bonds is 6. The van der Waals surface area contributed by atoms with E-state index >= 15 is 0 Å². The molecule has 2 N–H and O–H groups in total. The molecule has 3 aromatic heterocycles. The lowest BCUT2D eigenvalue weighted by Gasteiger charge is -2.07. The summed E-state index contributed by atoms with van der Waals surface area (Å²) in [5, 5.41) is 9.66. The van der Waals surface area contributed by atoms with E-state index in [2.05, 4.69) is 15.0 Å². The number of imidazole rings is 1. The molecule has 3 heterocycles. The van der Waals surface area contributed by atoms with Gasteiger partial charge in [-0.1, -0.05) is 23.5 Å². The molecule has 0 fully saturated rings. The molecule has 0 radical (unpaired) electrons. The second-order valence-corrected chi connectivity index (χ2v) is 7.21. The second kappa shape index (κ2) is 7.24. The number of nitrogens with zero attached hydrogens (tertiary/aromatic N) is 3. The topological polar surface area (TPSA) is 93.0 Å². The van der Waals surface area contributed by atoms with E-state index in [1.54, 1.807) is 6.20 Å². The molecule has 1 aromatic carbocycles. The van der Waals surface area contributed by atoms with Crippen molar-refractivity contribution in [2.24, 2.45) is 7.05 Å². The molecule has 0 amide bonds. The summed E-state index contributed by atoms with van der Waals surface area (Å²) in [4.78, 5) is 22.9.